The van der Waals surface area contributed by atoms with E-state index in [9.17, 15) is 24.3 Å². The van der Waals surface area contributed by atoms with Crippen molar-refractivity contribution >= 4 is 23.9 Å². The van der Waals surface area contributed by atoms with Crippen LogP contribution in [0, 0.1) is 23.7 Å². The molecule has 10 heteroatoms. The first-order valence-electron chi connectivity index (χ1n) is 11.3. The molecule has 2 amide bonds. The molecule has 0 aromatic carbocycles. The van der Waals surface area contributed by atoms with Crippen LogP contribution in [-0.2, 0) is 28.6 Å². The van der Waals surface area contributed by atoms with Crippen molar-refractivity contribution in [1.29, 1.82) is 0 Å². The van der Waals surface area contributed by atoms with Crippen molar-refractivity contribution in [3.8, 4) is 0 Å². The second-order valence-electron chi connectivity index (χ2n) is 9.69. The molecule has 0 saturated heterocycles. The number of hydrogen-bond acceptors (Lipinski definition) is 8. The van der Waals surface area contributed by atoms with Crippen LogP contribution in [-0.4, -0.2) is 58.9 Å². The Morgan fingerprint density at radius 2 is 1.88 bits per heavy atom. The summed E-state index contributed by atoms with van der Waals surface area (Å²) < 4.78 is 15.4. The normalized spacial score (nSPS) is 29.7. The molecule has 2 aliphatic carbocycles. The van der Waals surface area contributed by atoms with E-state index >= 15 is 0 Å². The topological polar surface area (TPSA) is 140 Å². The second kappa shape index (κ2) is 10.1. The van der Waals surface area contributed by atoms with Gasteiger partial charge in [0, 0.05) is 18.3 Å². The van der Waals surface area contributed by atoms with Gasteiger partial charge in [-0.1, -0.05) is 26.8 Å². The van der Waals surface area contributed by atoms with E-state index in [1.54, 1.807) is 34.6 Å². The number of hydrogen-bond donors (Lipinski definition) is 3. The third-order valence-corrected chi connectivity index (χ3v) is 6.25. The summed E-state index contributed by atoms with van der Waals surface area (Å²) in [5, 5.41) is 15.9. The third-order valence-electron chi connectivity index (χ3n) is 6.25. The van der Waals surface area contributed by atoms with Gasteiger partial charge in [-0.05, 0) is 33.6 Å². The van der Waals surface area contributed by atoms with Crippen LogP contribution >= 0.6 is 0 Å². The molecule has 7 atom stereocenters. The standard InChI is InChI=1S/C23H36N2O8/c1-8-12(4)17(24-21(30)33-22(5,6)7)18(27)25-23(20(29)32-10-3)11-13(26)14-15(16(14)23)19(28)31-9-2/h9,12-17,26H,2,8,10-11H2,1,3-7H3,(H,24,30)(H,25,27)/t12-,13-,14-,15-,16-,17-,23?/m0/s1. The Bertz CT molecular complexity index is 792. The molecule has 2 saturated carbocycles. The zero-order chi connectivity index (χ0) is 25.1. The highest BCUT2D eigenvalue weighted by molar-refractivity contribution is 5.94. The van der Waals surface area contributed by atoms with Gasteiger partial charge >= 0.3 is 18.0 Å². The quantitative estimate of drug-likeness (QED) is 0.264. The van der Waals surface area contributed by atoms with Gasteiger partial charge in [0.15, 0.2) is 0 Å². The smallest absolute Gasteiger partial charge is 0.408 e. The number of rotatable bonds is 9. The van der Waals surface area contributed by atoms with E-state index in [1.165, 1.54) is 0 Å². The van der Waals surface area contributed by atoms with Crippen LogP contribution in [0.2, 0.25) is 0 Å². The highest BCUT2D eigenvalue weighted by Crippen LogP contribution is 2.63. The Hall–Kier alpha value is -2.62. The van der Waals surface area contributed by atoms with Gasteiger partial charge in [-0.25, -0.2) is 9.59 Å². The van der Waals surface area contributed by atoms with E-state index in [-0.39, 0.29) is 18.9 Å². The molecule has 186 valence electrons. The van der Waals surface area contributed by atoms with Crippen molar-refractivity contribution in [2.24, 2.45) is 23.7 Å². The number of esters is 2. The fraction of sp³-hybridized carbons (Fsp3) is 0.739. The Morgan fingerprint density at radius 1 is 1.24 bits per heavy atom. The van der Waals surface area contributed by atoms with Crippen LogP contribution in [0.1, 0.15) is 54.4 Å². The average Bonchev–Trinajstić information content (AvgIpc) is 3.40. The Kier molecular flexibility index (Phi) is 8.16. The van der Waals surface area contributed by atoms with Gasteiger partial charge in [0.25, 0.3) is 0 Å². The van der Waals surface area contributed by atoms with E-state index in [0.717, 1.165) is 6.26 Å². The molecule has 0 heterocycles. The first kappa shape index (κ1) is 26.6. The summed E-state index contributed by atoms with van der Waals surface area (Å²) >= 11 is 0. The highest BCUT2D eigenvalue weighted by atomic mass is 16.6. The number of ether oxygens (including phenoxy) is 3. The minimum absolute atomic E-state index is 0.0522. The van der Waals surface area contributed by atoms with Gasteiger partial charge in [0.05, 0.1) is 24.9 Å². The number of carbonyl (C=O) groups excluding carboxylic acids is 4. The number of aliphatic hydroxyl groups excluding tert-OH is 1. The molecule has 0 aromatic heterocycles. The lowest BCUT2D eigenvalue weighted by molar-refractivity contribution is -0.156. The maximum absolute atomic E-state index is 13.4. The summed E-state index contributed by atoms with van der Waals surface area (Å²) in [4.78, 5) is 51.1. The molecule has 2 rings (SSSR count). The minimum Gasteiger partial charge on any atom is -0.464 e. The van der Waals surface area contributed by atoms with Gasteiger partial charge < -0.3 is 30.0 Å². The zero-order valence-corrected chi connectivity index (χ0v) is 20.2. The predicted molar refractivity (Wildman–Crippen MR) is 118 cm³/mol. The second-order valence-corrected chi connectivity index (χ2v) is 9.69. The van der Waals surface area contributed by atoms with Gasteiger partial charge in [-0.15, -0.1) is 0 Å². The van der Waals surface area contributed by atoms with Gasteiger partial charge in [0.2, 0.25) is 5.91 Å². The molecule has 0 aliphatic heterocycles. The Balaban J connectivity index is 2.32. The number of nitrogens with one attached hydrogen (secondary N) is 2. The van der Waals surface area contributed by atoms with Crippen molar-refractivity contribution in [2.45, 2.75) is 77.7 Å². The Morgan fingerprint density at radius 3 is 2.39 bits per heavy atom. The summed E-state index contributed by atoms with van der Waals surface area (Å²) in [6.45, 7) is 13.8. The summed E-state index contributed by atoms with van der Waals surface area (Å²) in [6, 6.07) is -1.01. The number of fused-ring (bicyclic) bond motifs is 1. The van der Waals surface area contributed by atoms with Gasteiger partial charge in [-0.2, -0.15) is 0 Å². The summed E-state index contributed by atoms with van der Waals surface area (Å²) in [7, 11) is 0. The van der Waals surface area contributed by atoms with Crippen molar-refractivity contribution in [3.05, 3.63) is 12.8 Å². The fourth-order valence-electron chi connectivity index (χ4n) is 4.61. The van der Waals surface area contributed by atoms with E-state index < -0.39 is 65.0 Å². The number of aliphatic hydroxyl groups is 1. The van der Waals surface area contributed by atoms with E-state index in [4.69, 9.17) is 14.2 Å². The molecule has 0 aromatic rings. The van der Waals surface area contributed by atoms with Crippen molar-refractivity contribution in [2.75, 3.05) is 6.61 Å². The average molecular weight is 469 g/mol. The van der Waals surface area contributed by atoms with Crippen LogP contribution in [0.4, 0.5) is 4.79 Å². The van der Waals surface area contributed by atoms with Crippen molar-refractivity contribution < 1.29 is 38.5 Å². The van der Waals surface area contributed by atoms with Crippen LogP contribution in [0.5, 0.6) is 0 Å². The monoisotopic (exact) mass is 468 g/mol. The number of carbonyl (C=O) groups is 4. The molecule has 3 N–H and O–H groups in total. The van der Waals surface area contributed by atoms with Crippen LogP contribution in [0.25, 0.3) is 0 Å². The molecule has 0 radical (unpaired) electrons. The van der Waals surface area contributed by atoms with E-state index in [0.29, 0.717) is 6.42 Å². The van der Waals surface area contributed by atoms with E-state index in [2.05, 4.69) is 17.2 Å². The predicted octanol–water partition coefficient (Wildman–Crippen LogP) is 1.66. The summed E-state index contributed by atoms with van der Waals surface area (Å²) in [5.41, 5.74) is -2.38. The molecule has 0 spiro atoms. The lowest BCUT2D eigenvalue weighted by atomic mass is 9.88. The molecule has 2 fully saturated rings. The number of amides is 2. The van der Waals surface area contributed by atoms with Crippen molar-refractivity contribution in [3.63, 3.8) is 0 Å². The Labute approximate surface area is 194 Å². The molecule has 10 nitrogen and oxygen atoms in total. The maximum Gasteiger partial charge on any atom is 0.408 e. The largest absolute Gasteiger partial charge is 0.464 e. The van der Waals surface area contributed by atoms with E-state index in [1.807, 2.05) is 6.92 Å². The molecule has 33 heavy (non-hydrogen) atoms. The molecular weight excluding hydrogens is 432 g/mol. The summed E-state index contributed by atoms with van der Waals surface area (Å²) in [6.07, 6.45) is -0.343. The van der Waals surface area contributed by atoms with Crippen LogP contribution in [0.3, 0.4) is 0 Å². The van der Waals surface area contributed by atoms with Gasteiger partial charge in [0.1, 0.15) is 17.2 Å². The minimum atomic E-state index is -1.62. The SMILES string of the molecule is C=COC(=O)[C@H]1[C@H]2[C@@H]1C(NC(=O)[C@@H](NC(=O)OC(C)(C)C)[C@@H](C)CC)(C(=O)OCC)C[C@@H]2O. The molecular formula is C23H36N2O8. The third kappa shape index (κ3) is 5.66. The first-order valence-corrected chi connectivity index (χ1v) is 11.3. The summed E-state index contributed by atoms with van der Waals surface area (Å²) in [5.74, 6) is -4.31. The molecule has 1 unspecified atom stereocenters. The lowest BCUT2D eigenvalue weighted by Crippen LogP contribution is -2.62. The lowest BCUT2D eigenvalue weighted by Gasteiger charge is -2.34. The maximum atomic E-state index is 13.4. The molecule has 2 aliphatic rings. The van der Waals surface area contributed by atoms with Crippen LogP contribution < -0.4 is 10.6 Å². The van der Waals surface area contributed by atoms with Gasteiger partial charge in [-0.3, -0.25) is 9.59 Å². The van der Waals surface area contributed by atoms with Crippen molar-refractivity contribution in [1.82, 2.24) is 10.6 Å². The fourth-order valence-corrected chi connectivity index (χ4v) is 4.61. The molecule has 0 bridgehead atoms. The zero-order valence-electron chi connectivity index (χ0n) is 20.2. The van der Waals surface area contributed by atoms with Crippen LogP contribution in [0.15, 0.2) is 12.8 Å². The number of alkyl carbamates (subject to hydrolysis) is 1. The highest BCUT2D eigenvalue weighted by Gasteiger charge is 2.76. The first-order chi connectivity index (χ1) is 15.3.